The molecule has 2 aromatic carbocycles. The number of aryl methyl sites for hydroxylation is 1. The molecule has 0 saturated heterocycles. The molecule has 5 heteroatoms. The van der Waals surface area contributed by atoms with Crippen molar-refractivity contribution in [3.05, 3.63) is 76.0 Å². The first-order valence-corrected chi connectivity index (χ1v) is 8.25. The van der Waals surface area contributed by atoms with Crippen molar-refractivity contribution in [1.29, 1.82) is 0 Å². The quantitative estimate of drug-likeness (QED) is 0.622. The van der Waals surface area contributed by atoms with Crippen LogP contribution in [0.25, 0.3) is 11.3 Å². The zero-order chi connectivity index (χ0) is 17.1. The molecule has 0 radical (unpaired) electrons. The highest BCUT2D eigenvalue weighted by molar-refractivity contribution is 9.10. The first kappa shape index (κ1) is 16.3. The van der Waals surface area contributed by atoms with Gasteiger partial charge in [0.2, 0.25) is 0 Å². The molecule has 0 atom stereocenters. The molecule has 3 rings (SSSR count). The fourth-order valence-corrected chi connectivity index (χ4v) is 2.59. The lowest BCUT2D eigenvalue weighted by molar-refractivity contribution is 0.0697. The molecule has 0 fully saturated rings. The van der Waals surface area contributed by atoms with Gasteiger partial charge in [-0.15, -0.1) is 0 Å². The van der Waals surface area contributed by atoms with Crippen molar-refractivity contribution in [2.24, 2.45) is 0 Å². The minimum Gasteiger partial charge on any atom is -0.478 e. The van der Waals surface area contributed by atoms with Gasteiger partial charge in [0.05, 0.1) is 12.1 Å². The molecule has 3 aromatic rings. The second kappa shape index (κ2) is 6.93. The van der Waals surface area contributed by atoms with E-state index in [2.05, 4.69) is 27.3 Å². The van der Waals surface area contributed by atoms with Gasteiger partial charge >= 0.3 is 5.97 Å². The van der Waals surface area contributed by atoms with Crippen LogP contribution in [-0.2, 0) is 6.54 Å². The number of hydrogen-bond acceptors (Lipinski definition) is 3. The summed E-state index contributed by atoms with van der Waals surface area (Å²) in [6, 6.07) is 16.6. The zero-order valence-corrected chi connectivity index (χ0v) is 14.6. The van der Waals surface area contributed by atoms with E-state index in [0.29, 0.717) is 6.54 Å². The van der Waals surface area contributed by atoms with Crippen LogP contribution in [-0.4, -0.2) is 11.1 Å². The molecule has 4 nitrogen and oxygen atoms in total. The van der Waals surface area contributed by atoms with Crippen LogP contribution < -0.4 is 5.32 Å². The van der Waals surface area contributed by atoms with E-state index in [1.165, 1.54) is 0 Å². The predicted octanol–water partition coefficient (Wildman–Crippen LogP) is 5.33. The van der Waals surface area contributed by atoms with Gasteiger partial charge in [0.15, 0.2) is 0 Å². The molecular formula is C19H16BrNO3. The Morgan fingerprint density at radius 3 is 2.54 bits per heavy atom. The summed E-state index contributed by atoms with van der Waals surface area (Å²) in [6.07, 6.45) is 0. The SMILES string of the molecule is Cc1cc(-c2ccc(CNc3ccc(C(=O)O)cc3)o2)ccc1Br. The lowest BCUT2D eigenvalue weighted by Crippen LogP contribution is -2.00. The van der Waals surface area contributed by atoms with Gasteiger partial charge in [-0.3, -0.25) is 0 Å². The second-order valence-electron chi connectivity index (χ2n) is 5.47. The van der Waals surface area contributed by atoms with Crippen molar-refractivity contribution >= 4 is 27.6 Å². The lowest BCUT2D eigenvalue weighted by Gasteiger charge is -2.05. The van der Waals surface area contributed by atoms with Gasteiger partial charge in [-0.25, -0.2) is 4.79 Å². The van der Waals surface area contributed by atoms with E-state index >= 15 is 0 Å². The molecule has 0 aliphatic rings. The fourth-order valence-electron chi connectivity index (χ4n) is 2.35. The molecule has 1 heterocycles. The maximum Gasteiger partial charge on any atom is 0.335 e. The Morgan fingerprint density at radius 2 is 1.88 bits per heavy atom. The number of hydrogen-bond donors (Lipinski definition) is 2. The summed E-state index contributed by atoms with van der Waals surface area (Å²) in [5, 5.41) is 12.1. The zero-order valence-electron chi connectivity index (χ0n) is 13.0. The fraction of sp³-hybridized carbons (Fsp3) is 0.105. The molecule has 0 bridgehead atoms. The van der Waals surface area contributed by atoms with Crippen molar-refractivity contribution in [3.63, 3.8) is 0 Å². The Hall–Kier alpha value is -2.53. The van der Waals surface area contributed by atoms with Crippen LogP contribution >= 0.6 is 15.9 Å². The van der Waals surface area contributed by atoms with Gasteiger partial charge in [-0.1, -0.05) is 22.0 Å². The summed E-state index contributed by atoms with van der Waals surface area (Å²) >= 11 is 3.49. The molecule has 0 aliphatic heterocycles. The van der Waals surface area contributed by atoms with Gasteiger partial charge in [0, 0.05) is 15.7 Å². The Bertz CT molecular complexity index is 869. The molecule has 24 heavy (non-hydrogen) atoms. The first-order chi connectivity index (χ1) is 11.5. The van der Waals surface area contributed by atoms with Crippen molar-refractivity contribution in [1.82, 2.24) is 0 Å². The van der Waals surface area contributed by atoms with E-state index < -0.39 is 5.97 Å². The van der Waals surface area contributed by atoms with Crippen LogP contribution in [0.1, 0.15) is 21.7 Å². The van der Waals surface area contributed by atoms with Crippen molar-refractivity contribution in [3.8, 4) is 11.3 Å². The molecule has 2 N–H and O–H groups in total. The Balaban J connectivity index is 1.67. The molecule has 0 unspecified atom stereocenters. The summed E-state index contributed by atoms with van der Waals surface area (Å²) < 4.78 is 6.95. The summed E-state index contributed by atoms with van der Waals surface area (Å²) in [5.41, 5.74) is 3.30. The normalized spacial score (nSPS) is 10.6. The molecule has 0 spiro atoms. The number of carboxylic acids is 1. The number of benzene rings is 2. The van der Waals surface area contributed by atoms with Crippen LogP contribution in [0.3, 0.4) is 0 Å². The van der Waals surface area contributed by atoms with E-state index in [0.717, 1.165) is 32.8 Å². The molecule has 0 saturated carbocycles. The Kier molecular flexibility index (Phi) is 4.71. The van der Waals surface area contributed by atoms with Crippen LogP contribution in [0.4, 0.5) is 5.69 Å². The smallest absolute Gasteiger partial charge is 0.335 e. The van der Waals surface area contributed by atoms with Crippen LogP contribution in [0.5, 0.6) is 0 Å². The third-order valence-corrected chi connectivity index (χ3v) is 4.59. The first-order valence-electron chi connectivity index (χ1n) is 7.45. The lowest BCUT2D eigenvalue weighted by atomic mass is 10.1. The largest absolute Gasteiger partial charge is 0.478 e. The number of halogens is 1. The van der Waals surface area contributed by atoms with E-state index in [1.807, 2.05) is 31.2 Å². The maximum absolute atomic E-state index is 10.8. The monoisotopic (exact) mass is 385 g/mol. The number of furan rings is 1. The van der Waals surface area contributed by atoms with E-state index in [4.69, 9.17) is 9.52 Å². The number of carbonyl (C=O) groups is 1. The third kappa shape index (κ3) is 3.68. The van der Waals surface area contributed by atoms with Crippen molar-refractivity contribution < 1.29 is 14.3 Å². The number of nitrogens with one attached hydrogen (secondary N) is 1. The number of aromatic carboxylic acids is 1. The molecule has 1 aromatic heterocycles. The maximum atomic E-state index is 10.8. The predicted molar refractivity (Wildman–Crippen MR) is 97.3 cm³/mol. The van der Waals surface area contributed by atoms with E-state index in [1.54, 1.807) is 24.3 Å². The number of carboxylic acid groups (broad SMARTS) is 1. The summed E-state index contributed by atoms with van der Waals surface area (Å²) in [4.78, 5) is 10.8. The van der Waals surface area contributed by atoms with Crippen LogP contribution in [0.15, 0.2) is 63.5 Å². The number of anilines is 1. The van der Waals surface area contributed by atoms with Gasteiger partial charge in [-0.2, -0.15) is 0 Å². The second-order valence-corrected chi connectivity index (χ2v) is 6.32. The summed E-state index contributed by atoms with van der Waals surface area (Å²) in [5.74, 6) is 0.707. The van der Waals surface area contributed by atoms with E-state index in [-0.39, 0.29) is 5.56 Å². The average molecular weight is 386 g/mol. The minimum absolute atomic E-state index is 0.270. The third-order valence-electron chi connectivity index (χ3n) is 3.70. The Labute approximate surface area is 148 Å². The van der Waals surface area contributed by atoms with Gasteiger partial charge < -0.3 is 14.8 Å². The molecule has 0 aliphatic carbocycles. The van der Waals surface area contributed by atoms with E-state index in [9.17, 15) is 4.79 Å². The van der Waals surface area contributed by atoms with Crippen molar-refractivity contribution in [2.75, 3.05) is 5.32 Å². The highest BCUT2D eigenvalue weighted by Crippen LogP contribution is 2.27. The average Bonchev–Trinajstić information content (AvgIpc) is 3.05. The highest BCUT2D eigenvalue weighted by atomic mass is 79.9. The molecular weight excluding hydrogens is 370 g/mol. The molecule has 122 valence electrons. The standard InChI is InChI=1S/C19H16BrNO3/c1-12-10-14(4-8-17(12)20)18-9-7-16(24-18)11-21-15-5-2-13(3-6-15)19(22)23/h2-10,21H,11H2,1H3,(H,22,23). The minimum atomic E-state index is -0.929. The molecule has 0 amide bonds. The summed E-state index contributed by atoms with van der Waals surface area (Å²) in [6.45, 7) is 2.57. The van der Waals surface area contributed by atoms with Gasteiger partial charge in [0.25, 0.3) is 0 Å². The van der Waals surface area contributed by atoms with Gasteiger partial charge in [0.1, 0.15) is 11.5 Å². The van der Waals surface area contributed by atoms with Crippen LogP contribution in [0, 0.1) is 6.92 Å². The number of rotatable bonds is 5. The highest BCUT2D eigenvalue weighted by Gasteiger charge is 2.07. The Morgan fingerprint density at radius 1 is 1.12 bits per heavy atom. The van der Waals surface area contributed by atoms with Crippen LogP contribution in [0.2, 0.25) is 0 Å². The van der Waals surface area contributed by atoms with Crippen molar-refractivity contribution in [2.45, 2.75) is 13.5 Å². The van der Waals surface area contributed by atoms with Gasteiger partial charge in [-0.05, 0) is 61.0 Å². The summed E-state index contributed by atoms with van der Waals surface area (Å²) in [7, 11) is 0. The topological polar surface area (TPSA) is 62.5 Å².